The Hall–Kier alpha value is -1.84. The van der Waals surface area contributed by atoms with Crippen LogP contribution in [0.15, 0.2) is 12.1 Å². The highest BCUT2D eigenvalue weighted by Crippen LogP contribution is 2.37. The summed E-state index contributed by atoms with van der Waals surface area (Å²) in [7, 11) is 0. The van der Waals surface area contributed by atoms with Crippen molar-refractivity contribution in [2.45, 2.75) is 84.7 Å². The molecule has 0 unspecified atom stereocenters. The first-order chi connectivity index (χ1) is 12.0. The summed E-state index contributed by atoms with van der Waals surface area (Å²) in [6.45, 7) is 13.3. The molecule has 0 atom stereocenters. The molecule has 4 nitrogen and oxygen atoms in total. The molecule has 26 heavy (non-hydrogen) atoms. The first-order valence-corrected chi connectivity index (χ1v) is 9.78. The number of carbonyl (C=O) groups is 2. The van der Waals surface area contributed by atoms with Gasteiger partial charge in [-0.3, -0.25) is 9.69 Å². The minimum atomic E-state index is -0.656. The second-order valence-electron chi connectivity index (χ2n) is 9.42. The van der Waals surface area contributed by atoms with Crippen LogP contribution >= 0.6 is 0 Å². The Balaban J connectivity index is 1.85. The Bertz CT molecular complexity index is 714. The minimum Gasteiger partial charge on any atom is -0.323 e. The molecule has 142 valence electrons. The van der Waals surface area contributed by atoms with Crippen LogP contribution in [0.2, 0.25) is 0 Å². The Morgan fingerprint density at radius 1 is 1.12 bits per heavy atom. The summed E-state index contributed by atoms with van der Waals surface area (Å²) in [5.74, 6) is 0.599. The zero-order chi connectivity index (χ0) is 19.3. The van der Waals surface area contributed by atoms with Gasteiger partial charge in [-0.2, -0.15) is 0 Å². The highest BCUT2D eigenvalue weighted by molar-refractivity contribution is 6.07. The molecule has 3 amide bonds. The first kappa shape index (κ1) is 18.9. The molecule has 2 aliphatic rings. The molecule has 1 saturated heterocycles. The lowest BCUT2D eigenvalue weighted by Gasteiger charge is -2.33. The highest BCUT2D eigenvalue weighted by Gasteiger charge is 2.52. The SMILES string of the molecule is Cc1cc(C(C)(C)C)cc(C)c1CN1C(=O)NC2(CCC(C)CC2)C1=O. The third-order valence-electron chi connectivity index (χ3n) is 6.25. The molecule has 1 N–H and O–H groups in total. The number of rotatable bonds is 2. The van der Waals surface area contributed by atoms with Crippen LogP contribution in [0.25, 0.3) is 0 Å². The number of amides is 3. The number of nitrogens with one attached hydrogen (secondary N) is 1. The van der Waals surface area contributed by atoms with Gasteiger partial charge in [-0.1, -0.05) is 39.8 Å². The maximum atomic E-state index is 13.1. The van der Waals surface area contributed by atoms with E-state index in [0.29, 0.717) is 12.5 Å². The van der Waals surface area contributed by atoms with E-state index in [1.807, 2.05) is 0 Å². The van der Waals surface area contributed by atoms with Crippen LogP contribution in [0.3, 0.4) is 0 Å². The smallest absolute Gasteiger partial charge is 0.323 e. The summed E-state index contributed by atoms with van der Waals surface area (Å²) in [5.41, 5.74) is 4.09. The molecule has 1 aliphatic carbocycles. The third-order valence-corrected chi connectivity index (χ3v) is 6.25. The van der Waals surface area contributed by atoms with Gasteiger partial charge in [0.05, 0.1) is 6.54 Å². The largest absolute Gasteiger partial charge is 0.325 e. The summed E-state index contributed by atoms with van der Waals surface area (Å²) < 4.78 is 0. The van der Waals surface area contributed by atoms with Gasteiger partial charge in [-0.05, 0) is 73.1 Å². The fourth-order valence-corrected chi connectivity index (χ4v) is 4.25. The monoisotopic (exact) mass is 356 g/mol. The molecular weight excluding hydrogens is 324 g/mol. The number of benzene rings is 1. The van der Waals surface area contributed by atoms with E-state index in [4.69, 9.17) is 0 Å². The minimum absolute atomic E-state index is 0.0342. The van der Waals surface area contributed by atoms with Gasteiger partial charge in [0.2, 0.25) is 0 Å². The van der Waals surface area contributed by atoms with Crippen LogP contribution in [0, 0.1) is 19.8 Å². The van der Waals surface area contributed by atoms with E-state index in [-0.39, 0.29) is 17.4 Å². The summed E-state index contributed by atoms with van der Waals surface area (Å²) in [4.78, 5) is 27.1. The summed E-state index contributed by atoms with van der Waals surface area (Å²) in [6.07, 6.45) is 3.52. The summed E-state index contributed by atoms with van der Waals surface area (Å²) in [5, 5.41) is 3.02. The molecule has 1 aromatic carbocycles. The molecule has 1 aliphatic heterocycles. The van der Waals surface area contributed by atoms with Crippen LogP contribution < -0.4 is 5.32 Å². The van der Waals surface area contributed by atoms with E-state index in [1.165, 1.54) is 10.5 Å². The molecule has 4 heteroatoms. The van der Waals surface area contributed by atoms with Gasteiger partial charge in [0.1, 0.15) is 5.54 Å². The normalized spacial score (nSPS) is 26.5. The van der Waals surface area contributed by atoms with E-state index in [0.717, 1.165) is 42.4 Å². The zero-order valence-corrected chi connectivity index (χ0v) is 17.0. The standard InChI is InChI=1S/C22H32N2O2/c1-14-7-9-22(10-8-14)19(25)24(20(26)23-22)13-18-15(2)11-17(12-16(18)3)21(4,5)6/h11-12,14H,7-10,13H2,1-6H3,(H,23,26). The van der Waals surface area contributed by atoms with E-state index < -0.39 is 5.54 Å². The number of carbonyl (C=O) groups excluding carboxylic acids is 2. The predicted octanol–water partition coefficient (Wildman–Crippen LogP) is 4.60. The van der Waals surface area contributed by atoms with Crippen molar-refractivity contribution in [3.05, 3.63) is 34.4 Å². The van der Waals surface area contributed by atoms with Crippen molar-refractivity contribution >= 4 is 11.9 Å². The number of hydrogen-bond donors (Lipinski definition) is 1. The second-order valence-corrected chi connectivity index (χ2v) is 9.42. The Kier molecular flexibility index (Phi) is 4.66. The van der Waals surface area contributed by atoms with E-state index in [1.54, 1.807) is 0 Å². The van der Waals surface area contributed by atoms with Gasteiger partial charge >= 0.3 is 6.03 Å². The lowest BCUT2D eigenvalue weighted by molar-refractivity contribution is -0.133. The number of urea groups is 1. The van der Waals surface area contributed by atoms with Gasteiger partial charge < -0.3 is 5.32 Å². The molecule has 1 heterocycles. The lowest BCUT2D eigenvalue weighted by atomic mass is 9.77. The van der Waals surface area contributed by atoms with E-state index >= 15 is 0 Å². The maximum absolute atomic E-state index is 13.1. The quantitative estimate of drug-likeness (QED) is 0.787. The Labute approximate surface area is 157 Å². The molecule has 1 spiro atoms. The second kappa shape index (κ2) is 6.40. The number of imide groups is 1. The fraction of sp³-hybridized carbons (Fsp3) is 0.636. The lowest BCUT2D eigenvalue weighted by Crippen LogP contribution is -2.49. The molecule has 1 aromatic rings. The van der Waals surface area contributed by atoms with Crippen molar-refractivity contribution in [2.75, 3.05) is 0 Å². The van der Waals surface area contributed by atoms with Crippen LogP contribution in [-0.4, -0.2) is 22.4 Å². The Morgan fingerprint density at radius 3 is 2.15 bits per heavy atom. The summed E-state index contributed by atoms with van der Waals surface area (Å²) in [6, 6.07) is 4.15. The average Bonchev–Trinajstić information content (AvgIpc) is 2.76. The van der Waals surface area contributed by atoms with Crippen LogP contribution in [0.5, 0.6) is 0 Å². The van der Waals surface area contributed by atoms with Crippen LogP contribution in [0.4, 0.5) is 4.79 Å². The molecule has 0 aromatic heterocycles. The van der Waals surface area contributed by atoms with Gasteiger partial charge in [0.25, 0.3) is 5.91 Å². The van der Waals surface area contributed by atoms with Crippen molar-refractivity contribution in [2.24, 2.45) is 5.92 Å². The third kappa shape index (κ3) is 3.26. The van der Waals surface area contributed by atoms with Crippen LogP contribution in [0.1, 0.15) is 75.6 Å². The van der Waals surface area contributed by atoms with Crippen molar-refractivity contribution in [3.63, 3.8) is 0 Å². The van der Waals surface area contributed by atoms with Gasteiger partial charge in [-0.25, -0.2) is 4.79 Å². The van der Waals surface area contributed by atoms with Gasteiger partial charge in [-0.15, -0.1) is 0 Å². The van der Waals surface area contributed by atoms with Crippen molar-refractivity contribution < 1.29 is 9.59 Å². The Morgan fingerprint density at radius 2 is 1.65 bits per heavy atom. The maximum Gasteiger partial charge on any atom is 0.325 e. The number of aryl methyl sites for hydroxylation is 2. The molecule has 0 bridgehead atoms. The first-order valence-electron chi connectivity index (χ1n) is 9.78. The van der Waals surface area contributed by atoms with Crippen molar-refractivity contribution in [3.8, 4) is 0 Å². The molecule has 3 rings (SSSR count). The topological polar surface area (TPSA) is 49.4 Å². The average molecular weight is 357 g/mol. The molecular formula is C22H32N2O2. The molecule has 2 fully saturated rings. The fourth-order valence-electron chi connectivity index (χ4n) is 4.25. The van der Waals surface area contributed by atoms with Crippen molar-refractivity contribution in [1.82, 2.24) is 10.2 Å². The summed E-state index contributed by atoms with van der Waals surface area (Å²) >= 11 is 0. The van der Waals surface area contributed by atoms with Gasteiger partial charge in [0.15, 0.2) is 0 Å². The molecule has 1 saturated carbocycles. The van der Waals surface area contributed by atoms with Crippen molar-refractivity contribution in [1.29, 1.82) is 0 Å². The highest BCUT2D eigenvalue weighted by atomic mass is 16.2. The number of nitrogens with zero attached hydrogens (tertiary/aromatic N) is 1. The van der Waals surface area contributed by atoms with Crippen LogP contribution in [-0.2, 0) is 16.8 Å². The van der Waals surface area contributed by atoms with Gasteiger partial charge in [0, 0.05) is 0 Å². The predicted molar refractivity (Wildman–Crippen MR) is 104 cm³/mol. The van der Waals surface area contributed by atoms with E-state index in [9.17, 15) is 9.59 Å². The zero-order valence-electron chi connectivity index (χ0n) is 17.0. The molecule has 0 radical (unpaired) electrons. The number of hydrogen-bond acceptors (Lipinski definition) is 2. The van der Waals surface area contributed by atoms with E-state index in [2.05, 4.69) is 59.0 Å².